The fourth-order valence-electron chi connectivity index (χ4n) is 4.65. The first-order valence-electron chi connectivity index (χ1n) is 12.0. The summed E-state index contributed by atoms with van der Waals surface area (Å²) in [6.45, 7) is 6.50. The number of halogens is 1. The zero-order valence-electron chi connectivity index (χ0n) is 20.3. The molecule has 8 heteroatoms. The normalized spacial score (nSPS) is 15.0. The Balaban J connectivity index is 1.51. The van der Waals surface area contributed by atoms with E-state index in [0.717, 1.165) is 48.3 Å². The molecule has 1 fully saturated rings. The lowest BCUT2D eigenvalue weighted by Gasteiger charge is -2.29. The highest BCUT2D eigenvalue weighted by atomic mass is 35.5. The van der Waals surface area contributed by atoms with Crippen molar-refractivity contribution in [3.8, 4) is 22.4 Å². The number of aromatic nitrogens is 4. The molecular formula is C27H29ClN6O. The number of hydrogen-bond acceptors (Lipinski definition) is 6. The molecule has 1 aliphatic rings. The molecular weight excluding hydrogens is 460 g/mol. The van der Waals surface area contributed by atoms with E-state index >= 15 is 0 Å². The van der Waals surface area contributed by atoms with E-state index in [1.54, 1.807) is 10.8 Å². The van der Waals surface area contributed by atoms with E-state index in [0.29, 0.717) is 40.3 Å². The first-order valence-corrected chi connectivity index (χ1v) is 12.4. The zero-order chi connectivity index (χ0) is 24.5. The average Bonchev–Trinajstić information content (AvgIpc) is 2.85. The van der Waals surface area contributed by atoms with E-state index in [1.807, 2.05) is 56.3 Å². The number of nitrogens with zero attached hydrogens (tertiary/aromatic N) is 5. The smallest absolute Gasteiger partial charge is 0.260 e. The highest BCUT2D eigenvalue weighted by molar-refractivity contribution is 6.33. The summed E-state index contributed by atoms with van der Waals surface area (Å²) in [5.41, 5.74) is 4.43. The fraction of sp³-hybridized carbons (Fsp3) is 0.333. The van der Waals surface area contributed by atoms with Gasteiger partial charge in [-0.15, -0.1) is 0 Å². The molecule has 4 aromatic rings. The SMILES string of the molecule is CCn1c(=O)c(-c2ccc(-c3cccc(C)n3)cc2Cl)cc2cnc(NC3CCN(C)CC3)nc21. The number of piperidine rings is 1. The number of nitrogens with one attached hydrogen (secondary N) is 1. The minimum Gasteiger partial charge on any atom is -0.351 e. The van der Waals surface area contributed by atoms with Crippen molar-refractivity contribution in [3.05, 3.63) is 69.7 Å². The van der Waals surface area contributed by atoms with Crippen LogP contribution in [0.1, 0.15) is 25.5 Å². The van der Waals surface area contributed by atoms with E-state index in [2.05, 4.69) is 27.2 Å². The van der Waals surface area contributed by atoms with Gasteiger partial charge in [-0.25, -0.2) is 4.98 Å². The molecule has 0 aliphatic carbocycles. The van der Waals surface area contributed by atoms with Crippen LogP contribution in [0.25, 0.3) is 33.4 Å². The van der Waals surface area contributed by atoms with Crippen LogP contribution in [0.4, 0.5) is 5.95 Å². The number of benzene rings is 1. The fourth-order valence-corrected chi connectivity index (χ4v) is 4.93. The summed E-state index contributed by atoms with van der Waals surface area (Å²) in [6, 6.07) is 13.8. The molecule has 5 rings (SSSR count). The van der Waals surface area contributed by atoms with Gasteiger partial charge < -0.3 is 10.2 Å². The number of aryl methyl sites for hydroxylation is 2. The predicted molar refractivity (Wildman–Crippen MR) is 142 cm³/mol. The molecule has 1 aromatic carbocycles. The van der Waals surface area contributed by atoms with E-state index in [4.69, 9.17) is 16.6 Å². The number of fused-ring (bicyclic) bond motifs is 1. The second kappa shape index (κ2) is 9.76. The third kappa shape index (κ3) is 4.79. The molecule has 1 aliphatic heterocycles. The second-order valence-corrected chi connectivity index (χ2v) is 9.57. The largest absolute Gasteiger partial charge is 0.351 e. The van der Waals surface area contributed by atoms with Gasteiger partial charge in [0.25, 0.3) is 5.56 Å². The van der Waals surface area contributed by atoms with Crippen LogP contribution in [-0.4, -0.2) is 50.6 Å². The summed E-state index contributed by atoms with van der Waals surface area (Å²) in [5.74, 6) is 0.564. The quantitative estimate of drug-likeness (QED) is 0.425. The first kappa shape index (κ1) is 23.5. The van der Waals surface area contributed by atoms with Gasteiger partial charge in [0, 0.05) is 51.6 Å². The molecule has 0 spiro atoms. The first-order chi connectivity index (χ1) is 16.9. The zero-order valence-corrected chi connectivity index (χ0v) is 21.0. The lowest BCUT2D eigenvalue weighted by atomic mass is 10.0. The van der Waals surface area contributed by atoms with Gasteiger partial charge in [-0.1, -0.05) is 29.8 Å². The van der Waals surface area contributed by atoms with Crippen LogP contribution in [0.3, 0.4) is 0 Å². The van der Waals surface area contributed by atoms with Crippen molar-refractivity contribution < 1.29 is 0 Å². The molecule has 0 saturated carbocycles. The number of likely N-dealkylation sites (tertiary alicyclic amines) is 1. The molecule has 0 bridgehead atoms. The second-order valence-electron chi connectivity index (χ2n) is 9.16. The maximum absolute atomic E-state index is 13.5. The number of anilines is 1. The monoisotopic (exact) mass is 488 g/mol. The Kier molecular flexibility index (Phi) is 6.54. The van der Waals surface area contributed by atoms with Crippen LogP contribution >= 0.6 is 11.6 Å². The van der Waals surface area contributed by atoms with E-state index in [9.17, 15) is 4.79 Å². The predicted octanol–water partition coefficient (Wildman–Crippen LogP) is 5.01. The van der Waals surface area contributed by atoms with Gasteiger partial charge in [-0.2, -0.15) is 4.98 Å². The molecule has 35 heavy (non-hydrogen) atoms. The van der Waals surface area contributed by atoms with Crippen molar-refractivity contribution in [2.75, 3.05) is 25.5 Å². The summed E-state index contributed by atoms with van der Waals surface area (Å²) in [7, 11) is 2.14. The van der Waals surface area contributed by atoms with Crippen LogP contribution in [0.5, 0.6) is 0 Å². The summed E-state index contributed by atoms with van der Waals surface area (Å²) in [6.07, 6.45) is 3.88. The molecule has 1 N–H and O–H groups in total. The topological polar surface area (TPSA) is 75.9 Å². The van der Waals surface area contributed by atoms with Crippen molar-refractivity contribution in [2.24, 2.45) is 0 Å². The van der Waals surface area contributed by atoms with E-state index in [-0.39, 0.29) is 5.56 Å². The molecule has 0 atom stereocenters. The third-order valence-corrected chi connectivity index (χ3v) is 6.95. The molecule has 180 valence electrons. The minimum atomic E-state index is -0.118. The van der Waals surface area contributed by atoms with E-state index in [1.165, 1.54) is 0 Å². The van der Waals surface area contributed by atoms with Crippen LogP contribution in [0, 0.1) is 6.92 Å². The third-order valence-electron chi connectivity index (χ3n) is 6.64. The lowest BCUT2D eigenvalue weighted by Crippen LogP contribution is -2.37. The average molecular weight is 489 g/mol. The van der Waals surface area contributed by atoms with Crippen LogP contribution in [-0.2, 0) is 6.54 Å². The van der Waals surface area contributed by atoms with Crippen LogP contribution < -0.4 is 10.9 Å². The van der Waals surface area contributed by atoms with Gasteiger partial charge in [0.1, 0.15) is 5.65 Å². The Morgan fingerprint density at radius 2 is 1.89 bits per heavy atom. The Morgan fingerprint density at radius 3 is 2.60 bits per heavy atom. The Labute approximate surface area is 209 Å². The summed E-state index contributed by atoms with van der Waals surface area (Å²) in [4.78, 5) is 29.7. The lowest BCUT2D eigenvalue weighted by molar-refractivity contribution is 0.263. The number of hydrogen-bond donors (Lipinski definition) is 1. The van der Waals surface area contributed by atoms with Crippen molar-refractivity contribution in [3.63, 3.8) is 0 Å². The molecule has 0 radical (unpaired) electrons. The minimum absolute atomic E-state index is 0.118. The van der Waals surface area contributed by atoms with Crippen molar-refractivity contribution in [1.29, 1.82) is 0 Å². The van der Waals surface area contributed by atoms with Gasteiger partial charge in [-0.3, -0.25) is 14.3 Å². The molecule has 0 unspecified atom stereocenters. The highest BCUT2D eigenvalue weighted by Gasteiger charge is 2.19. The Hall–Kier alpha value is -3.29. The van der Waals surface area contributed by atoms with Gasteiger partial charge in [-0.05, 0) is 71.1 Å². The standard InChI is InChI=1S/C27H29ClN6O/c1-4-34-25-19(16-29-27(32-25)31-20-10-12-33(3)13-11-20)14-22(26(34)35)21-9-8-18(15-23(21)28)24-7-5-6-17(2)30-24/h5-9,14-16,20H,4,10-13H2,1-3H3,(H,29,31,32). The highest BCUT2D eigenvalue weighted by Crippen LogP contribution is 2.31. The van der Waals surface area contributed by atoms with Crippen LogP contribution in [0.15, 0.2) is 53.5 Å². The van der Waals surface area contributed by atoms with E-state index < -0.39 is 0 Å². The molecule has 7 nitrogen and oxygen atoms in total. The van der Waals surface area contributed by atoms with Crippen molar-refractivity contribution in [1.82, 2.24) is 24.4 Å². The van der Waals surface area contributed by atoms with Gasteiger partial charge in [0.05, 0.1) is 5.69 Å². The summed E-state index contributed by atoms with van der Waals surface area (Å²) >= 11 is 6.70. The maximum Gasteiger partial charge on any atom is 0.260 e. The van der Waals surface area contributed by atoms with Gasteiger partial charge in [0.2, 0.25) is 5.95 Å². The Morgan fingerprint density at radius 1 is 1.09 bits per heavy atom. The summed E-state index contributed by atoms with van der Waals surface area (Å²) < 4.78 is 1.69. The molecule has 4 heterocycles. The molecule has 0 amide bonds. The van der Waals surface area contributed by atoms with Gasteiger partial charge in [0.15, 0.2) is 0 Å². The maximum atomic E-state index is 13.5. The summed E-state index contributed by atoms with van der Waals surface area (Å²) in [5, 5.41) is 4.76. The number of rotatable bonds is 5. The van der Waals surface area contributed by atoms with Crippen molar-refractivity contribution >= 4 is 28.6 Å². The van der Waals surface area contributed by atoms with Crippen molar-refractivity contribution in [2.45, 2.75) is 39.3 Å². The van der Waals surface area contributed by atoms with Gasteiger partial charge >= 0.3 is 0 Å². The Bertz CT molecular complexity index is 1440. The molecule has 1 saturated heterocycles. The van der Waals surface area contributed by atoms with Crippen LogP contribution in [0.2, 0.25) is 5.02 Å². The number of pyridine rings is 2. The molecule has 3 aromatic heterocycles.